The first-order valence-corrected chi connectivity index (χ1v) is 9.22. The van der Waals surface area contributed by atoms with E-state index in [1.54, 1.807) is 23.0 Å². The Balaban J connectivity index is 1.66. The largest absolute Gasteiger partial charge is 0.336 e. The van der Waals surface area contributed by atoms with Gasteiger partial charge in [-0.2, -0.15) is 5.10 Å². The van der Waals surface area contributed by atoms with Gasteiger partial charge >= 0.3 is 0 Å². The van der Waals surface area contributed by atoms with Crippen molar-refractivity contribution < 1.29 is 9.59 Å². The van der Waals surface area contributed by atoms with Crippen molar-refractivity contribution in [2.45, 2.75) is 45.1 Å². The molecule has 0 radical (unpaired) electrons. The van der Waals surface area contributed by atoms with E-state index in [9.17, 15) is 9.59 Å². The summed E-state index contributed by atoms with van der Waals surface area (Å²) in [6.45, 7) is 2.87. The van der Waals surface area contributed by atoms with Crippen LogP contribution in [0.1, 0.15) is 48.5 Å². The molecule has 0 bridgehead atoms. The lowest BCUT2D eigenvalue weighted by Gasteiger charge is -2.33. The van der Waals surface area contributed by atoms with Crippen LogP contribution in [0.25, 0.3) is 0 Å². The quantitative estimate of drug-likeness (QED) is 0.897. The first-order valence-electron chi connectivity index (χ1n) is 9.22. The van der Waals surface area contributed by atoms with Gasteiger partial charge in [0.1, 0.15) is 0 Å². The van der Waals surface area contributed by atoms with Crippen molar-refractivity contribution in [3.8, 4) is 0 Å². The van der Waals surface area contributed by atoms with E-state index in [-0.39, 0.29) is 17.9 Å². The molecule has 1 fully saturated rings. The van der Waals surface area contributed by atoms with E-state index in [2.05, 4.69) is 17.3 Å². The summed E-state index contributed by atoms with van der Waals surface area (Å²) in [4.78, 5) is 27.2. The third-order valence-corrected chi connectivity index (χ3v) is 4.89. The lowest BCUT2D eigenvalue weighted by molar-refractivity contribution is -0.116. The molecule has 1 unspecified atom stereocenters. The lowest BCUT2D eigenvalue weighted by atomic mass is 10.0. The van der Waals surface area contributed by atoms with Crippen molar-refractivity contribution in [1.29, 1.82) is 0 Å². The van der Waals surface area contributed by atoms with Gasteiger partial charge < -0.3 is 10.2 Å². The number of anilines is 1. The van der Waals surface area contributed by atoms with Gasteiger partial charge in [-0.05, 0) is 50.3 Å². The molecule has 3 rings (SSSR count). The van der Waals surface area contributed by atoms with Crippen molar-refractivity contribution in [2.75, 3.05) is 11.9 Å². The normalized spacial score (nSPS) is 17.2. The predicted molar refractivity (Wildman–Crippen MR) is 101 cm³/mol. The Kier molecular flexibility index (Phi) is 5.71. The van der Waals surface area contributed by atoms with Crippen LogP contribution >= 0.6 is 0 Å². The molecule has 1 atom stereocenters. The second-order valence-electron chi connectivity index (χ2n) is 6.96. The molecule has 1 aliphatic heterocycles. The topological polar surface area (TPSA) is 67.2 Å². The Labute approximate surface area is 154 Å². The number of carbonyl (C=O) groups is 2. The molecule has 2 aromatic rings. The van der Waals surface area contributed by atoms with Gasteiger partial charge in [0.05, 0.1) is 17.4 Å². The number of hydrogen-bond donors (Lipinski definition) is 1. The highest BCUT2D eigenvalue weighted by atomic mass is 16.2. The standard InChI is InChI=1S/C20H26N4O2/c1-15-7-5-6-12-24(15)20(26)17-8-3-4-9-18(17)22-19(25)11-10-16-13-21-23(2)14-16/h3-4,8-9,13-15H,5-7,10-12H2,1-2H3,(H,22,25). The molecule has 0 aliphatic carbocycles. The van der Waals surface area contributed by atoms with Gasteiger partial charge in [-0.25, -0.2) is 0 Å². The number of benzene rings is 1. The van der Waals surface area contributed by atoms with Crippen molar-refractivity contribution >= 4 is 17.5 Å². The average Bonchev–Trinajstić information content (AvgIpc) is 3.06. The number of aryl methyl sites for hydroxylation is 2. The number of nitrogens with one attached hydrogen (secondary N) is 1. The fraction of sp³-hybridized carbons (Fsp3) is 0.450. The van der Waals surface area contributed by atoms with Gasteiger partial charge in [-0.1, -0.05) is 12.1 Å². The van der Waals surface area contributed by atoms with Crippen LogP contribution in [0, 0.1) is 0 Å². The lowest BCUT2D eigenvalue weighted by Crippen LogP contribution is -2.42. The molecule has 0 spiro atoms. The van der Waals surface area contributed by atoms with Crippen molar-refractivity contribution in [2.24, 2.45) is 7.05 Å². The highest BCUT2D eigenvalue weighted by Crippen LogP contribution is 2.23. The van der Waals surface area contributed by atoms with Gasteiger partial charge in [0.15, 0.2) is 0 Å². The van der Waals surface area contributed by atoms with Gasteiger partial charge in [-0.15, -0.1) is 0 Å². The van der Waals surface area contributed by atoms with Gasteiger partial charge in [0, 0.05) is 32.3 Å². The van der Waals surface area contributed by atoms with Crippen LogP contribution in [0.4, 0.5) is 5.69 Å². The molecule has 2 heterocycles. The van der Waals surface area contributed by atoms with Crippen LogP contribution in [0.15, 0.2) is 36.7 Å². The molecule has 2 amide bonds. The Morgan fingerprint density at radius 3 is 2.81 bits per heavy atom. The maximum atomic E-state index is 13.0. The minimum atomic E-state index is -0.0965. The number of aromatic nitrogens is 2. The van der Waals surface area contributed by atoms with Gasteiger partial charge in [0.25, 0.3) is 5.91 Å². The molecule has 1 N–H and O–H groups in total. The minimum Gasteiger partial charge on any atom is -0.336 e. The third-order valence-electron chi connectivity index (χ3n) is 4.89. The number of piperidine rings is 1. The molecule has 1 saturated heterocycles. The molecule has 6 nitrogen and oxygen atoms in total. The summed E-state index contributed by atoms with van der Waals surface area (Å²) in [7, 11) is 1.85. The zero-order valence-corrected chi connectivity index (χ0v) is 15.4. The van der Waals surface area contributed by atoms with Crippen LogP contribution in [-0.4, -0.2) is 39.1 Å². The summed E-state index contributed by atoms with van der Waals surface area (Å²) >= 11 is 0. The van der Waals surface area contributed by atoms with E-state index < -0.39 is 0 Å². The molecule has 1 aromatic carbocycles. The number of carbonyl (C=O) groups excluding carboxylic acids is 2. The number of rotatable bonds is 5. The average molecular weight is 354 g/mol. The summed E-state index contributed by atoms with van der Waals surface area (Å²) in [6, 6.07) is 7.51. The summed E-state index contributed by atoms with van der Waals surface area (Å²) in [5, 5.41) is 7.02. The summed E-state index contributed by atoms with van der Waals surface area (Å²) < 4.78 is 1.72. The Morgan fingerprint density at radius 1 is 1.27 bits per heavy atom. The molecule has 1 aromatic heterocycles. The second-order valence-corrected chi connectivity index (χ2v) is 6.96. The SMILES string of the molecule is CC1CCCCN1C(=O)c1ccccc1NC(=O)CCc1cnn(C)c1. The summed E-state index contributed by atoms with van der Waals surface area (Å²) in [6.07, 6.45) is 7.89. The van der Waals surface area contributed by atoms with Crippen LogP contribution in [0.5, 0.6) is 0 Å². The maximum absolute atomic E-state index is 13.0. The van der Waals surface area contributed by atoms with E-state index in [4.69, 9.17) is 0 Å². The monoisotopic (exact) mass is 354 g/mol. The fourth-order valence-corrected chi connectivity index (χ4v) is 3.40. The molecule has 26 heavy (non-hydrogen) atoms. The number of hydrogen-bond acceptors (Lipinski definition) is 3. The zero-order chi connectivity index (χ0) is 18.5. The molecule has 6 heteroatoms. The fourth-order valence-electron chi connectivity index (χ4n) is 3.40. The number of para-hydroxylation sites is 1. The second kappa shape index (κ2) is 8.17. The molecule has 138 valence electrons. The molecule has 0 saturated carbocycles. The first-order chi connectivity index (χ1) is 12.5. The number of amides is 2. The van der Waals surface area contributed by atoms with Crippen LogP contribution < -0.4 is 5.32 Å². The van der Waals surface area contributed by atoms with Crippen molar-refractivity contribution in [1.82, 2.24) is 14.7 Å². The van der Waals surface area contributed by atoms with Crippen LogP contribution in [-0.2, 0) is 18.3 Å². The Hall–Kier alpha value is -2.63. The maximum Gasteiger partial charge on any atom is 0.256 e. The Morgan fingerprint density at radius 2 is 2.08 bits per heavy atom. The van der Waals surface area contributed by atoms with Crippen molar-refractivity contribution in [3.63, 3.8) is 0 Å². The van der Waals surface area contributed by atoms with E-state index >= 15 is 0 Å². The molecule has 1 aliphatic rings. The summed E-state index contributed by atoms with van der Waals surface area (Å²) in [5.41, 5.74) is 2.18. The smallest absolute Gasteiger partial charge is 0.256 e. The van der Waals surface area contributed by atoms with E-state index in [1.165, 1.54) is 0 Å². The van der Waals surface area contributed by atoms with E-state index in [0.29, 0.717) is 24.1 Å². The Bertz CT molecular complexity index is 784. The molecular formula is C20H26N4O2. The predicted octanol–water partition coefficient (Wildman–Crippen LogP) is 3.01. The third kappa shape index (κ3) is 4.31. The summed E-state index contributed by atoms with van der Waals surface area (Å²) in [5.74, 6) is -0.0962. The van der Waals surface area contributed by atoms with Crippen molar-refractivity contribution in [3.05, 3.63) is 47.8 Å². The highest BCUT2D eigenvalue weighted by molar-refractivity contribution is 6.03. The minimum absolute atomic E-state index is 0.000333. The van der Waals surface area contributed by atoms with Gasteiger partial charge in [0.2, 0.25) is 5.91 Å². The molecular weight excluding hydrogens is 328 g/mol. The zero-order valence-electron chi connectivity index (χ0n) is 15.4. The van der Waals surface area contributed by atoms with E-state index in [1.807, 2.05) is 30.3 Å². The first kappa shape index (κ1) is 18.2. The van der Waals surface area contributed by atoms with Gasteiger partial charge in [-0.3, -0.25) is 14.3 Å². The number of nitrogens with zero attached hydrogens (tertiary/aromatic N) is 3. The number of likely N-dealkylation sites (tertiary alicyclic amines) is 1. The van der Waals surface area contributed by atoms with Crippen LogP contribution in [0.2, 0.25) is 0 Å². The van der Waals surface area contributed by atoms with E-state index in [0.717, 1.165) is 31.4 Å². The van der Waals surface area contributed by atoms with Crippen LogP contribution in [0.3, 0.4) is 0 Å². The highest BCUT2D eigenvalue weighted by Gasteiger charge is 2.26.